The van der Waals surface area contributed by atoms with E-state index in [9.17, 15) is 0 Å². The lowest BCUT2D eigenvalue weighted by molar-refractivity contribution is 0.669. The molecule has 108 valence electrons. The molecule has 0 saturated carbocycles. The van der Waals surface area contributed by atoms with Gasteiger partial charge < -0.3 is 4.57 Å². The highest BCUT2D eigenvalue weighted by Gasteiger charge is 2.11. The summed E-state index contributed by atoms with van der Waals surface area (Å²) in [6.45, 7) is 2.88. The van der Waals surface area contributed by atoms with Crippen LogP contribution in [0.3, 0.4) is 0 Å². The van der Waals surface area contributed by atoms with E-state index in [2.05, 4.69) is 25.6 Å². The van der Waals surface area contributed by atoms with Crippen molar-refractivity contribution < 1.29 is 0 Å². The van der Waals surface area contributed by atoms with Gasteiger partial charge in [0.15, 0.2) is 5.65 Å². The monoisotopic (exact) mass is 300 g/mol. The van der Waals surface area contributed by atoms with E-state index in [0.29, 0.717) is 5.88 Å². The highest BCUT2D eigenvalue weighted by Crippen LogP contribution is 2.17. The van der Waals surface area contributed by atoms with Gasteiger partial charge in [0.1, 0.15) is 11.3 Å². The minimum Gasteiger partial charge on any atom is -0.312 e. The van der Waals surface area contributed by atoms with Gasteiger partial charge in [-0.1, -0.05) is 0 Å². The predicted molar refractivity (Wildman–Crippen MR) is 84.6 cm³/mol. The van der Waals surface area contributed by atoms with Gasteiger partial charge in [-0.2, -0.15) is 0 Å². The summed E-state index contributed by atoms with van der Waals surface area (Å²) in [5, 5.41) is 0. The van der Waals surface area contributed by atoms with E-state index in [-0.39, 0.29) is 0 Å². The van der Waals surface area contributed by atoms with Gasteiger partial charge in [-0.15, -0.1) is 11.6 Å². The third kappa shape index (κ3) is 3.05. The zero-order valence-electron chi connectivity index (χ0n) is 12.0. The van der Waals surface area contributed by atoms with Crippen molar-refractivity contribution in [3.05, 3.63) is 53.7 Å². The van der Waals surface area contributed by atoms with Crippen LogP contribution in [0.1, 0.15) is 17.0 Å². The number of imidazole rings is 1. The van der Waals surface area contributed by atoms with E-state index >= 15 is 0 Å². The molecule has 3 rings (SSSR count). The number of hydrogen-bond donors (Lipinski definition) is 0. The maximum atomic E-state index is 5.90. The lowest BCUT2D eigenvalue weighted by Crippen LogP contribution is -2.07. The maximum absolute atomic E-state index is 5.90. The van der Waals surface area contributed by atoms with Gasteiger partial charge in [0.25, 0.3) is 0 Å². The summed E-state index contributed by atoms with van der Waals surface area (Å²) >= 11 is 5.90. The second kappa shape index (κ2) is 6.22. The lowest BCUT2D eigenvalue weighted by atomic mass is 10.2. The molecule has 0 aliphatic heterocycles. The molecule has 0 fully saturated rings. The molecule has 0 amide bonds. The van der Waals surface area contributed by atoms with Crippen LogP contribution in [0.25, 0.3) is 11.2 Å². The van der Waals surface area contributed by atoms with Crippen LogP contribution in [0, 0.1) is 6.92 Å². The number of hydrogen-bond acceptors (Lipinski definition) is 3. The van der Waals surface area contributed by atoms with Crippen molar-refractivity contribution in [1.82, 2.24) is 19.5 Å². The van der Waals surface area contributed by atoms with Crippen molar-refractivity contribution in [2.75, 3.05) is 5.88 Å². The molecule has 0 aromatic carbocycles. The summed E-state index contributed by atoms with van der Waals surface area (Å²) in [7, 11) is 0. The zero-order valence-corrected chi connectivity index (χ0v) is 12.7. The lowest BCUT2D eigenvalue weighted by Gasteiger charge is -2.08. The Kier molecular flexibility index (Phi) is 4.15. The first kappa shape index (κ1) is 14.0. The molecule has 0 aliphatic carbocycles. The Hall–Kier alpha value is -1.94. The van der Waals surface area contributed by atoms with Gasteiger partial charge in [0, 0.05) is 37.4 Å². The Morgan fingerprint density at radius 1 is 1.19 bits per heavy atom. The predicted octanol–water partition coefficient (Wildman–Crippen LogP) is 3.16. The number of fused-ring (bicyclic) bond motifs is 1. The maximum Gasteiger partial charge on any atom is 0.160 e. The molecule has 3 heterocycles. The van der Waals surface area contributed by atoms with E-state index in [1.165, 1.54) is 5.56 Å². The van der Waals surface area contributed by atoms with Crippen molar-refractivity contribution in [2.45, 2.75) is 26.3 Å². The second-order valence-electron chi connectivity index (χ2n) is 5.08. The van der Waals surface area contributed by atoms with Crippen LogP contribution >= 0.6 is 11.6 Å². The Labute approximate surface area is 128 Å². The zero-order chi connectivity index (χ0) is 14.7. The Morgan fingerprint density at radius 3 is 2.76 bits per heavy atom. The summed E-state index contributed by atoms with van der Waals surface area (Å²) in [5.41, 5.74) is 4.27. The van der Waals surface area contributed by atoms with Crippen molar-refractivity contribution in [2.24, 2.45) is 0 Å². The fourth-order valence-electron chi connectivity index (χ4n) is 2.46. The molecular formula is C16H17ClN4. The summed E-state index contributed by atoms with van der Waals surface area (Å²) in [5.74, 6) is 1.57. The van der Waals surface area contributed by atoms with Crippen LogP contribution in [-0.2, 0) is 19.4 Å². The number of rotatable bonds is 5. The SMILES string of the molecule is Cc1cnc2c(c1)nc(CCCl)n2CCc1ccncc1. The molecule has 0 N–H and O–H groups in total. The first-order valence-corrected chi connectivity index (χ1v) is 7.58. The minimum absolute atomic E-state index is 0.567. The summed E-state index contributed by atoms with van der Waals surface area (Å²) < 4.78 is 2.18. The van der Waals surface area contributed by atoms with Crippen molar-refractivity contribution >= 4 is 22.8 Å². The van der Waals surface area contributed by atoms with Gasteiger partial charge in [0.2, 0.25) is 0 Å². The molecule has 0 spiro atoms. The highest BCUT2D eigenvalue weighted by atomic mass is 35.5. The standard InChI is InChI=1S/C16H17ClN4/c1-12-10-14-16(19-11-12)21(15(20-14)2-6-17)9-5-13-3-7-18-8-4-13/h3-4,7-8,10-11H,2,5-6,9H2,1H3. The third-order valence-electron chi connectivity index (χ3n) is 3.49. The quantitative estimate of drug-likeness (QED) is 0.680. The van der Waals surface area contributed by atoms with Gasteiger partial charge >= 0.3 is 0 Å². The van der Waals surface area contributed by atoms with Crippen LogP contribution in [-0.4, -0.2) is 25.4 Å². The highest BCUT2D eigenvalue weighted by molar-refractivity contribution is 6.17. The summed E-state index contributed by atoms with van der Waals surface area (Å²) in [6.07, 6.45) is 7.22. The molecular weight excluding hydrogens is 284 g/mol. The molecule has 5 heteroatoms. The van der Waals surface area contributed by atoms with Crippen molar-refractivity contribution in [1.29, 1.82) is 0 Å². The molecule has 21 heavy (non-hydrogen) atoms. The molecule has 0 bridgehead atoms. The number of aryl methyl sites for hydroxylation is 4. The largest absolute Gasteiger partial charge is 0.312 e. The fraction of sp³-hybridized carbons (Fsp3) is 0.312. The second-order valence-corrected chi connectivity index (χ2v) is 5.46. The topological polar surface area (TPSA) is 43.6 Å². The third-order valence-corrected chi connectivity index (χ3v) is 3.68. The van der Waals surface area contributed by atoms with Crippen LogP contribution in [0.4, 0.5) is 0 Å². The Morgan fingerprint density at radius 2 is 2.00 bits per heavy atom. The number of pyridine rings is 2. The van der Waals surface area contributed by atoms with Crippen molar-refractivity contribution in [3.63, 3.8) is 0 Å². The van der Waals surface area contributed by atoms with Crippen LogP contribution in [0.15, 0.2) is 36.8 Å². The van der Waals surface area contributed by atoms with E-state index in [1.807, 2.05) is 37.6 Å². The average molecular weight is 301 g/mol. The smallest absolute Gasteiger partial charge is 0.160 e. The first-order valence-electron chi connectivity index (χ1n) is 7.04. The average Bonchev–Trinajstić information content (AvgIpc) is 2.83. The molecule has 0 saturated heterocycles. The van der Waals surface area contributed by atoms with Gasteiger partial charge in [-0.25, -0.2) is 9.97 Å². The fourth-order valence-corrected chi connectivity index (χ4v) is 2.63. The van der Waals surface area contributed by atoms with Gasteiger partial charge in [0.05, 0.1) is 0 Å². The van der Waals surface area contributed by atoms with E-state index < -0.39 is 0 Å². The van der Waals surface area contributed by atoms with Crippen molar-refractivity contribution in [3.8, 4) is 0 Å². The van der Waals surface area contributed by atoms with Crippen LogP contribution in [0.2, 0.25) is 0 Å². The van der Waals surface area contributed by atoms with E-state index in [4.69, 9.17) is 11.6 Å². The first-order chi connectivity index (χ1) is 10.3. The number of halogens is 1. The molecule has 3 aromatic rings. The minimum atomic E-state index is 0.567. The Balaban J connectivity index is 1.93. The van der Waals surface area contributed by atoms with Gasteiger partial charge in [-0.3, -0.25) is 4.98 Å². The molecule has 4 nitrogen and oxygen atoms in total. The molecule has 0 aliphatic rings. The molecule has 0 unspecified atom stereocenters. The molecule has 3 aromatic heterocycles. The number of alkyl halides is 1. The number of nitrogens with zero attached hydrogens (tertiary/aromatic N) is 4. The summed E-state index contributed by atoms with van der Waals surface area (Å²) in [6, 6.07) is 6.15. The normalized spacial score (nSPS) is 11.1. The van der Waals surface area contributed by atoms with Crippen LogP contribution < -0.4 is 0 Å². The molecule has 0 radical (unpaired) electrons. The van der Waals surface area contributed by atoms with E-state index in [1.54, 1.807) is 0 Å². The Bertz CT molecular complexity index is 737. The van der Waals surface area contributed by atoms with Crippen LogP contribution in [0.5, 0.6) is 0 Å². The van der Waals surface area contributed by atoms with Gasteiger partial charge in [-0.05, 0) is 42.7 Å². The van der Waals surface area contributed by atoms with E-state index in [0.717, 1.165) is 41.9 Å². The molecule has 0 atom stereocenters. The number of aromatic nitrogens is 4. The summed E-state index contributed by atoms with van der Waals surface area (Å²) in [4.78, 5) is 13.3.